The van der Waals surface area contributed by atoms with Gasteiger partial charge in [-0.3, -0.25) is 0 Å². The lowest BCUT2D eigenvalue weighted by Crippen LogP contribution is -2.13. The SMILES string of the molecule is Cc1c(C(C)(C)C)nc(CN)n1C. The van der Waals surface area contributed by atoms with Gasteiger partial charge in [0.05, 0.1) is 12.2 Å². The van der Waals surface area contributed by atoms with E-state index in [2.05, 4.69) is 37.2 Å². The van der Waals surface area contributed by atoms with E-state index in [0.717, 1.165) is 11.5 Å². The van der Waals surface area contributed by atoms with Crippen LogP contribution < -0.4 is 5.73 Å². The summed E-state index contributed by atoms with van der Waals surface area (Å²) in [5.74, 6) is 0.961. The van der Waals surface area contributed by atoms with Crippen molar-refractivity contribution in [1.29, 1.82) is 0 Å². The Morgan fingerprint density at radius 1 is 1.38 bits per heavy atom. The van der Waals surface area contributed by atoms with Gasteiger partial charge in [-0.2, -0.15) is 0 Å². The smallest absolute Gasteiger partial charge is 0.122 e. The average molecular weight is 181 g/mol. The van der Waals surface area contributed by atoms with E-state index in [4.69, 9.17) is 5.73 Å². The quantitative estimate of drug-likeness (QED) is 0.713. The van der Waals surface area contributed by atoms with Gasteiger partial charge in [0.15, 0.2) is 0 Å². The van der Waals surface area contributed by atoms with Crippen LogP contribution in [0.25, 0.3) is 0 Å². The topological polar surface area (TPSA) is 43.8 Å². The Bertz CT molecular complexity index is 305. The molecule has 0 unspecified atom stereocenters. The Morgan fingerprint density at radius 2 is 1.92 bits per heavy atom. The van der Waals surface area contributed by atoms with Crippen LogP contribution >= 0.6 is 0 Å². The molecule has 0 bridgehead atoms. The standard InChI is InChI=1S/C10H19N3/c1-7-9(10(2,3)4)12-8(6-11)13(7)5/h6,11H2,1-5H3. The Kier molecular flexibility index (Phi) is 2.48. The second-order valence-electron chi connectivity index (χ2n) is 4.48. The van der Waals surface area contributed by atoms with E-state index in [0.29, 0.717) is 6.54 Å². The van der Waals surface area contributed by atoms with Crippen molar-refractivity contribution in [2.24, 2.45) is 12.8 Å². The van der Waals surface area contributed by atoms with E-state index in [1.807, 2.05) is 7.05 Å². The van der Waals surface area contributed by atoms with Gasteiger partial charge in [-0.05, 0) is 6.92 Å². The number of rotatable bonds is 1. The second kappa shape index (κ2) is 3.14. The van der Waals surface area contributed by atoms with Gasteiger partial charge < -0.3 is 10.3 Å². The Labute approximate surface area is 80.0 Å². The van der Waals surface area contributed by atoms with Crippen molar-refractivity contribution in [3.05, 3.63) is 17.2 Å². The Balaban J connectivity index is 3.25. The molecular formula is C10H19N3. The molecule has 74 valence electrons. The van der Waals surface area contributed by atoms with Gasteiger partial charge in [0, 0.05) is 18.2 Å². The van der Waals surface area contributed by atoms with E-state index < -0.39 is 0 Å². The highest BCUT2D eigenvalue weighted by atomic mass is 15.1. The summed E-state index contributed by atoms with van der Waals surface area (Å²) >= 11 is 0. The molecule has 1 aromatic rings. The number of hydrogen-bond donors (Lipinski definition) is 1. The highest BCUT2D eigenvalue weighted by Crippen LogP contribution is 2.24. The molecule has 0 amide bonds. The minimum Gasteiger partial charge on any atom is -0.334 e. The fourth-order valence-corrected chi connectivity index (χ4v) is 1.53. The number of aromatic nitrogens is 2. The largest absolute Gasteiger partial charge is 0.334 e. The minimum absolute atomic E-state index is 0.106. The maximum atomic E-state index is 5.59. The number of nitrogens with two attached hydrogens (primary N) is 1. The second-order valence-corrected chi connectivity index (χ2v) is 4.48. The number of hydrogen-bond acceptors (Lipinski definition) is 2. The van der Waals surface area contributed by atoms with Crippen molar-refractivity contribution < 1.29 is 0 Å². The normalized spacial score (nSPS) is 12.2. The molecule has 0 saturated heterocycles. The highest BCUT2D eigenvalue weighted by molar-refractivity contribution is 5.22. The van der Waals surface area contributed by atoms with Crippen LogP contribution in [0.15, 0.2) is 0 Å². The predicted octanol–water partition coefficient (Wildman–Crippen LogP) is 1.48. The zero-order chi connectivity index (χ0) is 10.2. The maximum absolute atomic E-state index is 5.59. The van der Waals surface area contributed by atoms with Crippen molar-refractivity contribution >= 4 is 0 Å². The molecule has 0 aliphatic rings. The first-order valence-electron chi connectivity index (χ1n) is 4.60. The lowest BCUT2D eigenvalue weighted by molar-refractivity contribution is 0.565. The van der Waals surface area contributed by atoms with Crippen molar-refractivity contribution in [2.75, 3.05) is 0 Å². The molecule has 0 saturated carbocycles. The molecule has 0 aliphatic heterocycles. The van der Waals surface area contributed by atoms with Gasteiger partial charge in [-0.15, -0.1) is 0 Å². The molecule has 13 heavy (non-hydrogen) atoms. The van der Waals surface area contributed by atoms with Crippen LogP contribution in [0, 0.1) is 6.92 Å². The van der Waals surface area contributed by atoms with E-state index in [1.165, 1.54) is 5.69 Å². The molecular weight excluding hydrogens is 162 g/mol. The first-order chi connectivity index (χ1) is 5.88. The summed E-state index contributed by atoms with van der Waals surface area (Å²) in [6.07, 6.45) is 0. The zero-order valence-electron chi connectivity index (χ0n) is 9.18. The number of imidazole rings is 1. The van der Waals surface area contributed by atoms with Gasteiger partial charge in [-0.25, -0.2) is 4.98 Å². The van der Waals surface area contributed by atoms with Crippen LogP contribution in [-0.2, 0) is 19.0 Å². The average Bonchev–Trinajstić information content (AvgIpc) is 2.28. The third kappa shape index (κ3) is 1.75. The fourth-order valence-electron chi connectivity index (χ4n) is 1.53. The Hall–Kier alpha value is -0.830. The van der Waals surface area contributed by atoms with Gasteiger partial charge in [-0.1, -0.05) is 20.8 Å². The molecule has 0 aliphatic carbocycles. The van der Waals surface area contributed by atoms with Crippen molar-refractivity contribution in [1.82, 2.24) is 9.55 Å². The summed E-state index contributed by atoms with van der Waals surface area (Å²) in [5, 5.41) is 0. The molecule has 2 N–H and O–H groups in total. The first-order valence-corrected chi connectivity index (χ1v) is 4.60. The lowest BCUT2D eigenvalue weighted by atomic mass is 9.91. The molecule has 3 nitrogen and oxygen atoms in total. The third-order valence-corrected chi connectivity index (χ3v) is 2.37. The third-order valence-electron chi connectivity index (χ3n) is 2.37. The van der Waals surface area contributed by atoms with E-state index in [1.54, 1.807) is 0 Å². The summed E-state index contributed by atoms with van der Waals surface area (Å²) in [6.45, 7) is 9.11. The highest BCUT2D eigenvalue weighted by Gasteiger charge is 2.21. The monoisotopic (exact) mass is 181 g/mol. The van der Waals surface area contributed by atoms with E-state index in [9.17, 15) is 0 Å². The molecule has 0 atom stereocenters. The van der Waals surface area contributed by atoms with Gasteiger partial charge >= 0.3 is 0 Å². The van der Waals surface area contributed by atoms with Crippen LogP contribution in [0.5, 0.6) is 0 Å². The van der Waals surface area contributed by atoms with Gasteiger partial charge in [0.2, 0.25) is 0 Å². The summed E-state index contributed by atoms with van der Waals surface area (Å²) in [4.78, 5) is 4.54. The van der Waals surface area contributed by atoms with Crippen LogP contribution in [0.2, 0.25) is 0 Å². The summed E-state index contributed by atoms with van der Waals surface area (Å²) < 4.78 is 2.07. The van der Waals surface area contributed by atoms with E-state index >= 15 is 0 Å². The summed E-state index contributed by atoms with van der Waals surface area (Å²) in [5.41, 5.74) is 8.06. The number of nitrogens with zero attached hydrogens (tertiary/aromatic N) is 2. The van der Waals surface area contributed by atoms with Crippen LogP contribution in [0.3, 0.4) is 0 Å². The Morgan fingerprint density at radius 3 is 2.15 bits per heavy atom. The summed E-state index contributed by atoms with van der Waals surface area (Å²) in [7, 11) is 2.01. The van der Waals surface area contributed by atoms with Crippen LogP contribution in [0.4, 0.5) is 0 Å². The summed E-state index contributed by atoms with van der Waals surface area (Å²) in [6, 6.07) is 0. The van der Waals surface area contributed by atoms with Gasteiger partial charge in [0.25, 0.3) is 0 Å². The van der Waals surface area contributed by atoms with Crippen molar-refractivity contribution in [2.45, 2.75) is 39.7 Å². The molecule has 0 radical (unpaired) electrons. The van der Waals surface area contributed by atoms with Crippen molar-refractivity contribution in [3.8, 4) is 0 Å². The molecule has 0 spiro atoms. The maximum Gasteiger partial charge on any atom is 0.122 e. The van der Waals surface area contributed by atoms with E-state index in [-0.39, 0.29) is 5.41 Å². The van der Waals surface area contributed by atoms with Crippen LogP contribution in [0.1, 0.15) is 38.0 Å². The zero-order valence-corrected chi connectivity index (χ0v) is 9.18. The molecule has 1 heterocycles. The molecule has 1 aromatic heterocycles. The molecule has 1 rings (SSSR count). The van der Waals surface area contributed by atoms with Crippen LogP contribution in [-0.4, -0.2) is 9.55 Å². The molecule has 0 fully saturated rings. The van der Waals surface area contributed by atoms with Crippen molar-refractivity contribution in [3.63, 3.8) is 0 Å². The molecule has 0 aromatic carbocycles. The molecule has 3 heteroatoms. The van der Waals surface area contributed by atoms with Gasteiger partial charge in [0.1, 0.15) is 5.82 Å². The fraction of sp³-hybridized carbons (Fsp3) is 0.700. The predicted molar refractivity (Wildman–Crippen MR) is 54.5 cm³/mol. The minimum atomic E-state index is 0.106. The lowest BCUT2D eigenvalue weighted by Gasteiger charge is -2.16. The first kappa shape index (κ1) is 10.3.